The summed E-state index contributed by atoms with van der Waals surface area (Å²) in [4.78, 5) is 40.8. The van der Waals surface area contributed by atoms with Crippen molar-refractivity contribution in [1.29, 1.82) is 0 Å². The van der Waals surface area contributed by atoms with Crippen LogP contribution in [-0.4, -0.2) is 91.8 Å². The van der Waals surface area contributed by atoms with Crippen molar-refractivity contribution in [2.45, 2.75) is 75.8 Å². The van der Waals surface area contributed by atoms with Crippen molar-refractivity contribution in [1.82, 2.24) is 19.8 Å². The maximum absolute atomic E-state index is 14.2. The third-order valence-corrected chi connectivity index (χ3v) is 14.1. The highest BCUT2D eigenvalue weighted by Gasteiger charge is 2.62. The molecule has 0 amide bonds. The molecule has 6 aliphatic rings. The van der Waals surface area contributed by atoms with Gasteiger partial charge in [-0.1, -0.05) is 43.2 Å². The predicted octanol–water partition coefficient (Wildman–Crippen LogP) is 6.49. The Morgan fingerprint density at radius 3 is 2.60 bits per heavy atom. The monoisotopic (exact) mass is 704 g/mol. The molecule has 10 rings (SSSR count). The van der Waals surface area contributed by atoms with Gasteiger partial charge in [-0.2, -0.15) is 0 Å². The van der Waals surface area contributed by atoms with E-state index in [1.165, 1.54) is 41.3 Å². The molecule has 4 fully saturated rings. The molecule has 2 aromatic heterocycles. The molecule has 2 N–H and O–H groups in total. The Labute approximate surface area is 306 Å². The van der Waals surface area contributed by atoms with Gasteiger partial charge in [-0.15, -0.1) is 0 Å². The minimum absolute atomic E-state index is 0.00122. The minimum atomic E-state index is -0.725. The smallest absolute Gasteiger partial charge is 0.319 e. The molecule has 2 aromatic carbocycles. The van der Waals surface area contributed by atoms with Gasteiger partial charge in [-0.3, -0.25) is 19.4 Å². The second-order valence-electron chi connectivity index (χ2n) is 16.3. The number of likely N-dealkylation sites (tertiary alicyclic amines) is 1. The van der Waals surface area contributed by atoms with Crippen LogP contribution >= 0.6 is 0 Å². The van der Waals surface area contributed by atoms with Crippen molar-refractivity contribution >= 4 is 33.7 Å². The number of benzene rings is 2. The number of esters is 2. The number of piperidine rings is 3. The SMILES string of the molecule is C/C=C1/CN(C)[C@H]2Cc3c([nH]c4ccccc34)[C@H](c3cc4[nH]c5c(c4cc3OC)CCN3C[C@H]4C[C@H](CC)[C@H]3[C@@]5(C(=O)OC)C4)C[C@H]1[C@H]2C(=O)OC. The summed E-state index contributed by atoms with van der Waals surface area (Å²) in [6.45, 7) is 7.17. The molecule has 2 aliphatic carbocycles. The maximum atomic E-state index is 14.2. The first kappa shape index (κ1) is 33.7. The number of H-pyrrole nitrogens is 2. The summed E-state index contributed by atoms with van der Waals surface area (Å²) >= 11 is 0. The first-order valence-electron chi connectivity index (χ1n) is 19.3. The zero-order valence-corrected chi connectivity index (χ0v) is 31.4. The van der Waals surface area contributed by atoms with E-state index < -0.39 is 5.41 Å². The van der Waals surface area contributed by atoms with Crippen molar-refractivity contribution in [2.24, 2.45) is 23.7 Å². The average molecular weight is 705 g/mol. The quantitative estimate of drug-likeness (QED) is 0.181. The molecular formula is C43H52N4O5. The van der Waals surface area contributed by atoms with Gasteiger partial charge in [-0.05, 0) is 93.2 Å². The van der Waals surface area contributed by atoms with E-state index >= 15 is 0 Å². The molecule has 9 heteroatoms. The largest absolute Gasteiger partial charge is 0.496 e. The number of allylic oxidation sites excluding steroid dienone is 1. The molecule has 0 radical (unpaired) electrons. The fourth-order valence-corrected chi connectivity index (χ4v) is 12.1. The Hall–Kier alpha value is -4.08. The van der Waals surface area contributed by atoms with Gasteiger partial charge < -0.3 is 24.2 Å². The minimum Gasteiger partial charge on any atom is -0.496 e. The van der Waals surface area contributed by atoms with E-state index in [2.05, 4.69) is 83.1 Å². The van der Waals surface area contributed by atoms with Crippen LogP contribution < -0.4 is 4.74 Å². The van der Waals surface area contributed by atoms with Crippen molar-refractivity contribution in [3.05, 3.63) is 76.1 Å². The van der Waals surface area contributed by atoms with Crippen LogP contribution in [0.1, 0.15) is 73.5 Å². The van der Waals surface area contributed by atoms with Crippen molar-refractivity contribution in [3.8, 4) is 5.75 Å². The lowest BCUT2D eigenvalue weighted by molar-refractivity contribution is -0.162. The van der Waals surface area contributed by atoms with Gasteiger partial charge in [0.05, 0.1) is 27.2 Å². The number of aromatic nitrogens is 2. The van der Waals surface area contributed by atoms with E-state index in [4.69, 9.17) is 14.2 Å². The molecule has 3 saturated heterocycles. The molecule has 4 aromatic rings. The number of para-hydroxylation sites is 1. The number of hydrogen-bond donors (Lipinski definition) is 2. The Bertz CT molecular complexity index is 2110. The van der Waals surface area contributed by atoms with Gasteiger partial charge in [-0.25, -0.2) is 0 Å². The normalized spacial score (nSPS) is 33.2. The molecule has 52 heavy (non-hydrogen) atoms. The van der Waals surface area contributed by atoms with Gasteiger partial charge in [0.15, 0.2) is 0 Å². The van der Waals surface area contributed by atoms with Crippen LogP contribution in [0.4, 0.5) is 0 Å². The summed E-state index contributed by atoms with van der Waals surface area (Å²) in [6.07, 6.45) is 7.59. The van der Waals surface area contributed by atoms with Crippen molar-refractivity contribution < 1.29 is 23.8 Å². The lowest BCUT2D eigenvalue weighted by atomic mass is 9.56. The molecular weight excluding hydrogens is 652 g/mol. The second-order valence-corrected chi connectivity index (χ2v) is 16.3. The fourth-order valence-electron chi connectivity index (χ4n) is 12.1. The Morgan fingerprint density at radius 2 is 1.85 bits per heavy atom. The second kappa shape index (κ2) is 12.5. The van der Waals surface area contributed by atoms with Crippen LogP contribution in [0.5, 0.6) is 5.75 Å². The lowest BCUT2D eigenvalue weighted by Crippen LogP contribution is -2.67. The highest BCUT2D eigenvalue weighted by molar-refractivity contribution is 5.93. The number of fused-ring (bicyclic) bond motifs is 9. The number of hydrogen-bond acceptors (Lipinski definition) is 7. The first-order valence-corrected chi connectivity index (χ1v) is 19.3. The van der Waals surface area contributed by atoms with Gasteiger partial charge >= 0.3 is 11.9 Å². The molecule has 4 aliphatic heterocycles. The summed E-state index contributed by atoms with van der Waals surface area (Å²) in [5.74, 6) is 1.11. The zero-order valence-electron chi connectivity index (χ0n) is 31.4. The standard InChI is InChI=1S/C43H52N4O5/c1-7-24-15-23-20-43(42(49)52-6)39-27(13-14-47(21-23)40(24)43)29-19-36(50-4)30(17-34(29)45-39)31-16-28-25(8-2)22-46(3)35(37(28)41(48)51-5)18-32-26-11-9-10-12-33(26)44-38(31)32/h8-12,17,19,23-24,28,31,35,37,40,44-45H,7,13-16,18,20-22H2,1-6H3/b25-8-/t23-,24-,28+,31-,35-,37+,40-,43+/m0/s1. The maximum Gasteiger partial charge on any atom is 0.319 e. The third kappa shape index (κ3) is 4.67. The van der Waals surface area contributed by atoms with E-state index in [1.807, 2.05) is 0 Å². The number of ether oxygens (including phenoxy) is 3. The van der Waals surface area contributed by atoms with Crippen molar-refractivity contribution in [3.63, 3.8) is 0 Å². The third-order valence-electron chi connectivity index (χ3n) is 14.1. The van der Waals surface area contributed by atoms with Crippen molar-refractivity contribution in [2.75, 3.05) is 48.0 Å². The average Bonchev–Trinajstić information content (AvgIpc) is 3.69. The summed E-state index contributed by atoms with van der Waals surface area (Å²) in [5.41, 5.74) is 8.48. The number of likely N-dealkylation sites (N-methyl/N-ethyl adjacent to an activating group) is 1. The zero-order chi connectivity index (χ0) is 36.1. The highest BCUT2D eigenvalue weighted by Crippen LogP contribution is 2.56. The number of rotatable bonds is 5. The molecule has 6 bridgehead atoms. The Morgan fingerprint density at radius 1 is 1.02 bits per heavy atom. The molecule has 0 spiro atoms. The number of nitrogens with one attached hydrogen (secondary N) is 2. The molecule has 1 unspecified atom stereocenters. The van der Waals surface area contributed by atoms with Crippen LogP contribution in [-0.2, 0) is 37.3 Å². The summed E-state index contributed by atoms with van der Waals surface area (Å²) in [7, 11) is 6.99. The lowest BCUT2D eigenvalue weighted by Gasteiger charge is -2.57. The number of carbonyl (C=O) groups is 2. The molecule has 9 nitrogen and oxygen atoms in total. The number of nitrogens with zero attached hydrogens (tertiary/aromatic N) is 2. The highest BCUT2D eigenvalue weighted by atomic mass is 16.5. The molecule has 1 saturated carbocycles. The number of carbonyl (C=O) groups excluding carboxylic acids is 2. The van der Waals surface area contributed by atoms with E-state index in [-0.39, 0.29) is 41.8 Å². The fraction of sp³-hybridized carbons (Fsp3) is 0.535. The van der Waals surface area contributed by atoms with E-state index in [0.29, 0.717) is 11.8 Å². The topological polar surface area (TPSA) is 99.9 Å². The van der Waals surface area contributed by atoms with Crippen LogP contribution in [0, 0.1) is 23.7 Å². The predicted molar refractivity (Wildman–Crippen MR) is 202 cm³/mol. The number of methoxy groups -OCH3 is 3. The Kier molecular flexibility index (Phi) is 8.12. The first-order chi connectivity index (χ1) is 25.3. The molecule has 6 heterocycles. The summed E-state index contributed by atoms with van der Waals surface area (Å²) in [6, 6.07) is 13.2. The van der Waals surface area contributed by atoms with Gasteiger partial charge in [0.25, 0.3) is 0 Å². The summed E-state index contributed by atoms with van der Waals surface area (Å²) in [5, 5.41) is 2.32. The Balaban J connectivity index is 1.27. The van der Waals surface area contributed by atoms with Gasteiger partial charge in [0.2, 0.25) is 0 Å². The van der Waals surface area contributed by atoms with Crippen LogP contribution in [0.3, 0.4) is 0 Å². The van der Waals surface area contributed by atoms with Gasteiger partial charge in [0, 0.05) is 76.4 Å². The van der Waals surface area contributed by atoms with Crippen LogP contribution in [0.25, 0.3) is 21.8 Å². The molecule has 9 atom stereocenters. The van der Waals surface area contributed by atoms with E-state index in [1.54, 1.807) is 14.2 Å². The van der Waals surface area contributed by atoms with Crippen LogP contribution in [0.2, 0.25) is 0 Å². The van der Waals surface area contributed by atoms with Crippen LogP contribution in [0.15, 0.2) is 48.0 Å². The summed E-state index contributed by atoms with van der Waals surface area (Å²) < 4.78 is 17.6. The van der Waals surface area contributed by atoms with E-state index in [0.717, 1.165) is 85.2 Å². The van der Waals surface area contributed by atoms with E-state index in [9.17, 15) is 9.59 Å². The number of aromatic amines is 2. The van der Waals surface area contributed by atoms with Gasteiger partial charge in [0.1, 0.15) is 11.2 Å². The molecule has 274 valence electrons.